The van der Waals surface area contributed by atoms with E-state index in [0.717, 1.165) is 40.9 Å². The van der Waals surface area contributed by atoms with E-state index in [0.29, 0.717) is 5.92 Å². The summed E-state index contributed by atoms with van der Waals surface area (Å²) < 4.78 is 2.10. The molecule has 2 aromatic heterocycles. The summed E-state index contributed by atoms with van der Waals surface area (Å²) in [7, 11) is 0. The molecule has 0 saturated carbocycles. The number of pyridine rings is 1. The summed E-state index contributed by atoms with van der Waals surface area (Å²) in [5.41, 5.74) is 3.35. The zero-order valence-electron chi connectivity index (χ0n) is 19.1. The number of rotatable bonds is 9. The fourth-order valence-corrected chi connectivity index (χ4v) is 5.83. The summed E-state index contributed by atoms with van der Waals surface area (Å²) in [5, 5.41) is 4.24. The van der Waals surface area contributed by atoms with E-state index in [-0.39, 0.29) is 5.91 Å². The number of unbranched alkanes of at least 4 members (excludes halogenated alkanes) is 2. The zero-order chi connectivity index (χ0) is 22.5. The molecule has 172 valence electrons. The van der Waals surface area contributed by atoms with Crippen LogP contribution in [-0.4, -0.2) is 46.4 Å². The lowest BCUT2D eigenvalue weighted by atomic mass is 9.96. The standard InChI is InChI=1S/C27H32N4OS/c32-27(24-18-23-20-28-25-11-7-12-26(33-24)31(23)25)29-19-22-13-16-30(17-14-22)15-6-2-5-10-21-8-3-1-4-9-21/h1,3-4,7-9,11-12,18,20,22H,2,5-6,10,13-17,19H2,(H,29,32). The van der Waals surface area contributed by atoms with Crippen LogP contribution in [0.2, 0.25) is 0 Å². The van der Waals surface area contributed by atoms with Crippen molar-refractivity contribution >= 4 is 29.4 Å². The number of hydrogen-bond acceptors (Lipinski definition) is 4. The minimum atomic E-state index is 0.0327. The Balaban J connectivity index is 1.00. The van der Waals surface area contributed by atoms with E-state index < -0.39 is 0 Å². The largest absolute Gasteiger partial charge is 0.351 e. The maximum absolute atomic E-state index is 12.8. The minimum Gasteiger partial charge on any atom is -0.351 e. The predicted octanol–water partition coefficient (Wildman–Crippen LogP) is 5.02. The van der Waals surface area contributed by atoms with Gasteiger partial charge in [0.1, 0.15) is 5.65 Å². The highest BCUT2D eigenvalue weighted by Gasteiger charge is 2.22. The van der Waals surface area contributed by atoms with Crippen LogP contribution in [0.4, 0.5) is 0 Å². The van der Waals surface area contributed by atoms with Crippen LogP contribution >= 0.6 is 11.8 Å². The van der Waals surface area contributed by atoms with Crippen molar-refractivity contribution in [3.8, 4) is 0 Å². The van der Waals surface area contributed by atoms with Gasteiger partial charge in [0.15, 0.2) is 0 Å². The number of likely N-dealkylation sites (tertiary alicyclic amines) is 1. The Kier molecular flexibility index (Phi) is 7.12. The molecular formula is C27H32N4OS. The molecule has 0 aliphatic carbocycles. The molecule has 2 aliphatic rings. The second-order valence-electron chi connectivity index (χ2n) is 9.14. The van der Waals surface area contributed by atoms with E-state index in [9.17, 15) is 4.79 Å². The van der Waals surface area contributed by atoms with Crippen molar-refractivity contribution in [3.63, 3.8) is 0 Å². The number of nitrogens with zero attached hydrogens (tertiary/aromatic N) is 3. The quantitative estimate of drug-likeness (QED) is 0.456. The lowest BCUT2D eigenvalue weighted by molar-refractivity contribution is -0.117. The molecule has 0 atom stereocenters. The van der Waals surface area contributed by atoms with Crippen molar-refractivity contribution in [2.75, 3.05) is 26.2 Å². The van der Waals surface area contributed by atoms with Gasteiger partial charge in [0, 0.05) is 6.54 Å². The number of aryl methyl sites for hydroxylation is 1. The van der Waals surface area contributed by atoms with Gasteiger partial charge < -0.3 is 10.2 Å². The summed E-state index contributed by atoms with van der Waals surface area (Å²) in [6.07, 6.45) is 11.2. The van der Waals surface area contributed by atoms with E-state index in [1.807, 2.05) is 30.5 Å². The van der Waals surface area contributed by atoms with Gasteiger partial charge in [0.2, 0.25) is 0 Å². The van der Waals surface area contributed by atoms with Crippen molar-refractivity contribution in [2.24, 2.45) is 5.92 Å². The minimum absolute atomic E-state index is 0.0327. The molecule has 0 bridgehead atoms. The highest BCUT2D eigenvalue weighted by Crippen LogP contribution is 2.34. The summed E-state index contributed by atoms with van der Waals surface area (Å²) >= 11 is 1.52. The molecule has 0 radical (unpaired) electrons. The SMILES string of the molecule is O=C(NCC1CCN(CCCCCc2ccccc2)CC1)C1=Cc2cnc3cccc(n23)S1. The molecule has 1 amide bonds. The van der Waals surface area contributed by atoms with Gasteiger partial charge in [-0.3, -0.25) is 9.20 Å². The summed E-state index contributed by atoms with van der Waals surface area (Å²) in [6, 6.07) is 16.8. The first kappa shape index (κ1) is 22.2. The molecule has 33 heavy (non-hydrogen) atoms. The highest BCUT2D eigenvalue weighted by molar-refractivity contribution is 8.04. The van der Waals surface area contributed by atoms with Crippen LogP contribution in [-0.2, 0) is 11.2 Å². The number of amides is 1. The Morgan fingerprint density at radius 1 is 1.03 bits per heavy atom. The van der Waals surface area contributed by atoms with Crippen molar-refractivity contribution in [2.45, 2.75) is 43.6 Å². The first-order valence-electron chi connectivity index (χ1n) is 12.2. The van der Waals surface area contributed by atoms with E-state index in [4.69, 9.17) is 0 Å². The molecule has 0 spiro atoms. The van der Waals surface area contributed by atoms with Gasteiger partial charge in [-0.25, -0.2) is 4.98 Å². The average Bonchev–Trinajstić information content (AvgIpc) is 3.28. The molecule has 6 heteroatoms. The monoisotopic (exact) mass is 460 g/mol. The summed E-state index contributed by atoms with van der Waals surface area (Å²) in [5.74, 6) is 0.608. The van der Waals surface area contributed by atoms with Gasteiger partial charge >= 0.3 is 0 Å². The number of aromatic nitrogens is 2. The first-order valence-corrected chi connectivity index (χ1v) is 13.0. The van der Waals surface area contributed by atoms with Crippen LogP contribution in [0.3, 0.4) is 0 Å². The van der Waals surface area contributed by atoms with Crippen LogP contribution in [0.1, 0.15) is 43.4 Å². The molecular weight excluding hydrogens is 428 g/mol. The summed E-state index contributed by atoms with van der Waals surface area (Å²) in [4.78, 5) is 20.6. The molecule has 3 aromatic rings. The molecule has 1 fully saturated rings. The second kappa shape index (κ2) is 10.6. The van der Waals surface area contributed by atoms with E-state index >= 15 is 0 Å². The van der Waals surface area contributed by atoms with Gasteiger partial charge in [0.05, 0.1) is 21.8 Å². The van der Waals surface area contributed by atoms with Gasteiger partial charge in [-0.2, -0.15) is 0 Å². The molecule has 5 nitrogen and oxygen atoms in total. The normalized spacial score (nSPS) is 16.7. The fraction of sp³-hybridized carbons (Fsp3) is 0.407. The Morgan fingerprint density at radius 2 is 1.88 bits per heavy atom. The maximum Gasteiger partial charge on any atom is 0.258 e. The number of piperidine rings is 1. The molecule has 0 unspecified atom stereocenters. The van der Waals surface area contributed by atoms with Crippen molar-refractivity contribution in [1.29, 1.82) is 0 Å². The van der Waals surface area contributed by atoms with E-state index in [1.165, 1.54) is 62.4 Å². The van der Waals surface area contributed by atoms with Crippen molar-refractivity contribution < 1.29 is 4.79 Å². The van der Waals surface area contributed by atoms with E-state index in [1.54, 1.807) is 0 Å². The number of benzene rings is 1. The zero-order valence-corrected chi connectivity index (χ0v) is 19.9. The number of imidazole rings is 1. The molecule has 2 aliphatic heterocycles. The number of hydrogen-bond donors (Lipinski definition) is 1. The molecule has 1 saturated heterocycles. The third-order valence-corrected chi connectivity index (χ3v) is 7.83. The number of carbonyl (C=O) groups excluding carboxylic acids is 1. The molecule has 5 rings (SSSR count). The van der Waals surface area contributed by atoms with Gasteiger partial charge in [-0.15, -0.1) is 0 Å². The average molecular weight is 461 g/mol. The number of thioether (sulfide) groups is 1. The molecule has 4 heterocycles. The third kappa shape index (κ3) is 5.50. The maximum atomic E-state index is 12.8. The Labute approximate surface area is 200 Å². The lowest BCUT2D eigenvalue weighted by Gasteiger charge is -2.32. The number of carbonyl (C=O) groups is 1. The predicted molar refractivity (Wildman–Crippen MR) is 135 cm³/mol. The van der Waals surface area contributed by atoms with Crippen LogP contribution in [0, 0.1) is 5.92 Å². The van der Waals surface area contributed by atoms with E-state index in [2.05, 4.69) is 49.9 Å². The lowest BCUT2D eigenvalue weighted by Crippen LogP contribution is -2.39. The third-order valence-electron chi connectivity index (χ3n) is 6.78. The van der Waals surface area contributed by atoms with Crippen LogP contribution < -0.4 is 5.32 Å². The van der Waals surface area contributed by atoms with Gasteiger partial charge in [-0.1, -0.05) is 54.6 Å². The molecule has 1 aromatic carbocycles. The second-order valence-corrected chi connectivity index (χ2v) is 10.2. The fourth-order valence-electron chi connectivity index (χ4n) is 4.82. The highest BCUT2D eigenvalue weighted by atomic mass is 32.2. The first-order chi connectivity index (χ1) is 16.3. The van der Waals surface area contributed by atoms with Crippen molar-refractivity contribution in [1.82, 2.24) is 19.6 Å². The Hall–Kier alpha value is -2.57. The van der Waals surface area contributed by atoms with Crippen LogP contribution in [0.15, 0.2) is 64.7 Å². The topological polar surface area (TPSA) is 49.6 Å². The van der Waals surface area contributed by atoms with Crippen molar-refractivity contribution in [3.05, 3.63) is 70.9 Å². The smallest absolute Gasteiger partial charge is 0.258 e. The summed E-state index contributed by atoms with van der Waals surface area (Å²) in [6.45, 7) is 4.28. The van der Waals surface area contributed by atoms with Gasteiger partial charge in [-0.05, 0) is 81.4 Å². The Bertz CT molecular complexity index is 1120. The Morgan fingerprint density at radius 3 is 2.73 bits per heavy atom. The van der Waals surface area contributed by atoms with Gasteiger partial charge in [0.25, 0.3) is 5.91 Å². The molecule has 1 N–H and O–H groups in total. The number of nitrogens with one attached hydrogen (secondary N) is 1. The van der Waals surface area contributed by atoms with Crippen LogP contribution in [0.5, 0.6) is 0 Å². The van der Waals surface area contributed by atoms with Crippen LogP contribution in [0.25, 0.3) is 11.7 Å².